The van der Waals surface area contributed by atoms with E-state index in [0.29, 0.717) is 5.69 Å². The number of para-hydroxylation sites is 2. The number of aromatic nitrogens is 1. The lowest BCUT2D eigenvalue weighted by atomic mass is 10.0. The summed E-state index contributed by atoms with van der Waals surface area (Å²) in [5.41, 5.74) is 5.94. The number of nitrogens with one attached hydrogen (secondary N) is 1. The van der Waals surface area contributed by atoms with E-state index in [1.807, 2.05) is 42.5 Å². The van der Waals surface area contributed by atoms with Gasteiger partial charge in [0.1, 0.15) is 0 Å². The second-order valence-electron chi connectivity index (χ2n) is 8.70. The quantitative estimate of drug-likeness (QED) is 0.267. The molecule has 0 fully saturated rings. The fourth-order valence-electron chi connectivity index (χ4n) is 4.69. The monoisotopic (exact) mass is 478 g/mol. The van der Waals surface area contributed by atoms with Gasteiger partial charge in [-0.3, -0.25) is 0 Å². The average Bonchev–Trinajstić information content (AvgIpc) is 3.23. The Hall–Kier alpha value is -4.51. The van der Waals surface area contributed by atoms with E-state index in [2.05, 4.69) is 64.5 Å². The molecule has 0 aliphatic heterocycles. The Balaban J connectivity index is 1.35. The third kappa shape index (κ3) is 3.99. The van der Waals surface area contributed by atoms with E-state index in [1.54, 1.807) is 6.07 Å². The minimum atomic E-state index is -4.37. The lowest BCUT2D eigenvalue weighted by Crippen LogP contribution is -2.05. The van der Waals surface area contributed by atoms with Crippen molar-refractivity contribution in [3.05, 3.63) is 127 Å². The Bertz CT molecular complexity index is 1680. The predicted octanol–water partition coefficient (Wildman–Crippen LogP) is 9.21. The molecular weight excluding hydrogens is 457 g/mol. The normalized spacial score (nSPS) is 11.8. The van der Waals surface area contributed by atoms with Crippen LogP contribution in [-0.4, -0.2) is 4.57 Å². The second kappa shape index (κ2) is 8.61. The van der Waals surface area contributed by atoms with Crippen molar-refractivity contribution < 1.29 is 13.2 Å². The van der Waals surface area contributed by atoms with E-state index in [-0.39, 0.29) is 0 Å². The van der Waals surface area contributed by atoms with Crippen LogP contribution >= 0.6 is 0 Å². The van der Waals surface area contributed by atoms with E-state index in [9.17, 15) is 13.2 Å². The Morgan fingerprint density at radius 2 is 1.22 bits per heavy atom. The summed E-state index contributed by atoms with van der Waals surface area (Å²) in [5.74, 6) is 0. The van der Waals surface area contributed by atoms with Gasteiger partial charge in [0.2, 0.25) is 0 Å². The molecule has 0 aliphatic rings. The van der Waals surface area contributed by atoms with Crippen molar-refractivity contribution in [3.63, 3.8) is 0 Å². The van der Waals surface area contributed by atoms with E-state index in [4.69, 9.17) is 0 Å². The second-order valence-corrected chi connectivity index (χ2v) is 8.70. The summed E-state index contributed by atoms with van der Waals surface area (Å²) in [6.45, 7) is 0. The van der Waals surface area contributed by atoms with Gasteiger partial charge in [0.25, 0.3) is 0 Å². The van der Waals surface area contributed by atoms with Crippen molar-refractivity contribution in [1.82, 2.24) is 4.57 Å². The Morgan fingerprint density at radius 1 is 0.528 bits per heavy atom. The molecule has 0 atom stereocenters. The third-order valence-corrected chi connectivity index (χ3v) is 6.38. The first-order valence-electron chi connectivity index (χ1n) is 11.6. The molecule has 0 saturated heterocycles. The standard InChI is InChI=1S/C31H21F3N2/c32-31(33,34)23-7-6-8-25(20-23)35-24-16-13-21(14-17-24)22-15-18-30-28(19-22)27-11-4-5-12-29(27)36(30)26-9-2-1-3-10-26/h1-20,35H. The van der Waals surface area contributed by atoms with Crippen LogP contribution in [0.15, 0.2) is 121 Å². The summed E-state index contributed by atoms with van der Waals surface area (Å²) in [6, 6.07) is 38.1. The van der Waals surface area contributed by atoms with Gasteiger partial charge in [-0.05, 0) is 71.8 Å². The molecule has 1 heterocycles. The zero-order chi connectivity index (χ0) is 24.7. The SMILES string of the molecule is FC(F)(F)c1cccc(Nc2ccc(-c3ccc4c(c3)c3ccccc3n4-c3ccccc3)cc2)c1. The third-order valence-electron chi connectivity index (χ3n) is 6.38. The van der Waals surface area contributed by atoms with Crippen LogP contribution in [0.3, 0.4) is 0 Å². The lowest BCUT2D eigenvalue weighted by molar-refractivity contribution is -0.137. The molecule has 6 rings (SSSR count). The lowest BCUT2D eigenvalue weighted by Gasteiger charge is -2.11. The summed E-state index contributed by atoms with van der Waals surface area (Å²) in [5, 5.41) is 5.41. The van der Waals surface area contributed by atoms with Crippen LogP contribution in [0.1, 0.15) is 5.56 Å². The largest absolute Gasteiger partial charge is 0.416 e. The van der Waals surface area contributed by atoms with Gasteiger partial charge in [0.05, 0.1) is 16.6 Å². The van der Waals surface area contributed by atoms with Crippen LogP contribution in [0.4, 0.5) is 24.5 Å². The highest BCUT2D eigenvalue weighted by atomic mass is 19.4. The van der Waals surface area contributed by atoms with E-state index in [0.717, 1.165) is 51.1 Å². The minimum Gasteiger partial charge on any atom is -0.356 e. The molecule has 0 aliphatic carbocycles. The zero-order valence-corrected chi connectivity index (χ0v) is 19.1. The van der Waals surface area contributed by atoms with Crippen molar-refractivity contribution in [2.75, 3.05) is 5.32 Å². The Morgan fingerprint density at radius 3 is 2.00 bits per heavy atom. The highest BCUT2D eigenvalue weighted by molar-refractivity contribution is 6.10. The van der Waals surface area contributed by atoms with Gasteiger partial charge in [-0.2, -0.15) is 13.2 Å². The maximum atomic E-state index is 13.0. The molecule has 5 aromatic carbocycles. The van der Waals surface area contributed by atoms with E-state index >= 15 is 0 Å². The maximum absolute atomic E-state index is 13.0. The van der Waals surface area contributed by atoms with Crippen molar-refractivity contribution >= 4 is 33.2 Å². The van der Waals surface area contributed by atoms with Crippen LogP contribution < -0.4 is 5.32 Å². The molecule has 6 aromatic rings. The summed E-state index contributed by atoms with van der Waals surface area (Å²) >= 11 is 0. The number of fused-ring (bicyclic) bond motifs is 3. The number of anilines is 2. The molecule has 36 heavy (non-hydrogen) atoms. The summed E-state index contributed by atoms with van der Waals surface area (Å²) in [4.78, 5) is 0. The molecule has 1 N–H and O–H groups in total. The summed E-state index contributed by atoms with van der Waals surface area (Å²) < 4.78 is 41.3. The number of alkyl halides is 3. The topological polar surface area (TPSA) is 17.0 Å². The Labute approximate surface area is 206 Å². The van der Waals surface area contributed by atoms with Crippen LogP contribution in [0.2, 0.25) is 0 Å². The smallest absolute Gasteiger partial charge is 0.356 e. The minimum absolute atomic E-state index is 0.396. The van der Waals surface area contributed by atoms with Crippen LogP contribution in [0.5, 0.6) is 0 Å². The van der Waals surface area contributed by atoms with Gasteiger partial charge in [-0.15, -0.1) is 0 Å². The molecule has 0 unspecified atom stereocenters. The Kier molecular flexibility index (Phi) is 5.26. The molecule has 0 amide bonds. The zero-order valence-electron chi connectivity index (χ0n) is 19.1. The maximum Gasteiger partial charge on any atom is 0.416 e. The van der Waals surface area contributed by atoms with Crippen LogP contribution in [0, 0.1) is 0 Å². The first kappa shape index (κ1) is 22.0. The summed E-state index contributed by atoms with van der Waals surface area (Å²) in [7, 11) is 0. The molecule has 0 bridgehead atoms. The highest BCUT2D eigenvalue weighted by Crippen LogP contribution is 2.35. The van der Waals surface area contributed by atoms with Crippen molar-refractivity contribution in [3.8, 4) is 16.8 Å². The van der Waals surface area contributed by atoms with E-state index in [1.165, 1.54) is 11.5 Å². The van der Waals surface area contributed by atoms with Gasteiger partial charge < -0.3 is 9.88 Å². The van der Waals surface area contributed by atoms with Crippen molar-refractivity contribution in [1.29, 1.82) is 0 Å². The number of rotatable bonds is 4. The number of halogens is 3. The molecular formula is C31H21F3N2. The van der Waals surface area contributed by atoms with Gasteiger partial charge in [0.15, 0.2) is 0 Å². The van der Waals surface area contributed by atoms with Crippen molar-refractivity contribution in [2.24, 2.45) is 0 Å². The fourth-order valence-corrected chi connectivity index (χ4v) is 4.69. The fraction of sp³-hybridized carbons (Fsp3) is 0.0323. The number of nitrogens with zero attached hydrogens (tertiary/aromatic N) is 1. The first-order chi connectivity index (χ1) is 17.5. The van der Waals surface area contributed by atoms with Gasteiger partial charge in [-0.25, -0.2) is 0 Å². The average molecular weight is 479 g/mol. The molecule has 1 aromatic heterocycles. The predicted molar refractivity (Wildman–Crippen MR) is 141 cm³/mol. The van der Waals surface area contributed by atoms with E-state index < -0.39 is 11.7 Å². The van der Waals surface area contributed by atoms with Crippen LogP contribution in [-0.2, 0) is 6.18 Å². The van der Waals surface area contributed by atoms with Gasteiger partial charge in [0, 0.05) is 27.8 Å². The molecule has 0 radical (unpaired) electrons. The van der Waals surface area contributed by atoms with Gasteiger partial charge >= 0.3 is 6.18 Å². The highest BCUT2D eigenvalue weighted by Gasteiger charge is 2.30. The number of benzene rings is 5. The molecule has 0 saturated carbocycles. The molecule has 0 spiro atoms. The summed E-state index contributed by atoms with van der Waals surface area (Å²) in [6.07, 6.45) is -4.37. The number of hydrogen-bond acceptors (Lipinski definition) is 1. The van der Waals surface area contributed by atoms with Crippen LogP contribution in [0.25, 0.3) is 38.6 Å². The molecule has 5 heteroatoms. The molecule has 2 nitrogen and oxygen atoms in total. The van der Waals surface area contributed by atoms with Gasteiger partial charge in [-0.1, -0.05) is 60.7 Å². The molecule has 176 valence electrons. The number of hydrogen-bond donors (Lipinski definition) is 1. The van der Waals surface area contributed by atoms with Crippen molar-refractivity contribution in [2.45, 2.75) is 6.18 Å². The first-order valence-corrected chi connectivity index (χ1v) is 11.6.